The van der Waals surface area contributed by atoms with Crippen LogP contribution in [0.5, 0.6) is 6.01 Å². The Hall–Kier alpha value is -1.85. The number of methoxy groups -OCH3 is 1. The number of aromatic nitrogens is 4. The largest absolute Gasteiger partial charge is 0.466 e. The summed E-state index contributed by atoms with van der Waals surface area (Å²) in [6, 6.07) is 2.11. The van der Waals surface area contributed by atoms with Gasteiger partial charge in [0.2, 0.25) is 0 Å². The maximum absolute atomic E-state index is 11.5. The molecule has 0 spiro atoms. The number of H-pyrrole nitrogens is 1. The second-order valence-electron chi connectivity index (χ2n) is 3.68. The number of nitrogens with zero attached hydrogens (tertiary/aromatic N) is 3. The number of aromatic amines is 1. The van der Waals surface area contributed by atoms with Crippen LogP contribution in [0, 0.1) is 0 Å². The molecule has 1 aliphatic carbocycles. The minimum absolute atomic E-state index is 0.241. The summed E-state index contributed by atoms with van der Waals surface area (Å²) >= 11 is 0. The van der Waals surface area contributed by atoms with Crippen molar-refractivity contribution in [2.45, 2.75) is 18.8 Å². The molecule has 6 nitrogen and oxygen atoms in total. The molecule has 15 heavy (non-hydrogen) atoms. The Morgan fingerprint density at radius 2 is 2.40 bits per heavy atom. The van der Waals surface area contributed by atoms with Gasteiger partial charge in [0.25, 0.3) is 5.56 Å². The Bertz CT molecular complexity index is 567. The summed E-state index contributed by atoms with van der Waals surface area (Å²) in [7, 11) is 1.50. The smallest absolute Gasteiger partial charge is 0.335 e. The molecule has 78 valence electrons. The molecule has 6 heteroatoms. The van der Waals surface area contributed by atoms with E-state index in [-0.39, 0.29) is 5.56 Å². The van der Waals surface area contributed by atoms with Gasteiger partial charge in [-0.05, 0) is 18.9 Å². The standard InChI is InChI=1S/C9H10N4O2/c1-15-9-11-10-8(14)7-4-6(5-2-3-5)12-13(7)9/h4-5H,2-3H2,1H3,(H,10,14). The van der Waals surface area contributed by atoms with Crippen LogP contribution in [0.25, 0.3) is 5.52 Å². The first-order chi connectivity index (χ1) is 7.29. The zero-order chi connectivity index (χ0) is 10.4. The van der Waals surface area contributed by atoms with Gasteiger partial charge in [-0.3, -0.25) is 4.79 Å². The van der Waals surface area contributed by atoms with Gasteiger partial charge in [0.15, 0.2) is 0 Å². The number of rotatable bonds is 2. The van der Waals surface area contributed by atoms with E-state index in [2.05, 4.69) is 15.3 Å². The fraction of sp³-hybridized carbons (Fsp3) is 0.444. The molecule has 1 aliphatic rings. The third kappa shape index (κ3) is 1.21. The van der Waals surface area contributed by atoms with E-state index in [4.69, 9.17) is 4.74 Å². The summed E-state index contributed by atoms with van der Waals surface area (Å²) in [4.78, 5) is 11.5. The minimum atomic E-state index is -0.241. The molecule has 0 bridgehead atoms. The molecule has 0 radical (unpaired) electrons. The molecular weight excluding hydrogens is 196 g/mol. The Morgan fingerprint density at radius 3 is 3.07 bits per heavy atom. The molecule has 2 heterocycles. The van der Waals surface area contributed by atoms with Gasteiger partial charge in [-0.25, -0.2) is 5.10 Å². The maximum Gasteiger partial charge on any atom is 0.335 e. The summed E-state index contributed by atoms with van der Waals surface area (Å²) in [5, 5.41) is 10.4. The maximum atomic E-state index is 11.5. The van der Waals surface area contributed by atoms with Gasteiger partial charge in [-0.15, -0.1) is 5.10 Å². The quantitative estimate of drug-likeness (QED) is 0.767. The van der Waals surface area contributed by atoms with Crippen LogP contribution in [0.4, 0.5) is 0 Å². The Labute approximate surface area is 84.9 Å². The van der Waals surface area contributed by atoms with Crippen LogP contribution in [0.1, 0.15) is 24.5 Å². The van der Waals surface area contributed by atoms with E-state index in [1.54, 1.807) is 6.07 Å². The summed E-state index contributed by atoms with van der Waals surface area (Å²) in [5.41, 5.74) is 1.20. The van der Waals surface area contributed by atoms with Crippen LogP contribution in [-0.4, -0.2) is 26.9 Å². The average molecular weight is 206 g/mol. The molecule has 1 fully saturated rings. The molecule has 0 atom stereocenters. The molecular formula is C9H10N4O2. The normalized spacial score (nSPS) is 15.8. The molecule has 0 saturated heterocycles. The second-order valence-corrected chi connectivity index (χ2v) is 3.68. The van der Waals surface area contributed by atoms with E-state index in [1.807, 2.05) is 0 Å². The van der Waals surface area contributed by atoms with Gasteiger partial charge in [0, 0.05) is 5.92 Å². The van der Waals surface area contributed by atoms with Crippen molar-refractivity contribution in [2.75, 3.05) is 7.11 Å². The van der Waals surface area contributed by atoms with Crippen molar-refractivity contribution in [3.8, 4) is 6.01 Å². The first kappa shape index (κ1) is 8.46. The van der Waals surface area contributed by atoms with Crippen LogP contribution < -0.4 is 10.3 Å². The summed E-state index contributed by atoms with van der Waals surface area (Å²) < 4.78 is 6.47. The van der Waals surface area contributed by atoms with Gasteiger partial charge in [-0.1, -0.05) is 0 Å². The SMILES string of the molecule is COc1n[nH]c(=O)c2cc(C3CC3)nn12. The van der Waals surface area contributed by atoms with Crippen molar-refractivity contribution in [1.29, 1.82) is 0 Å². The zero-order valence-corrected chi connectivity index (χ0v) is 8.23. The Balaban J connectivity index is 2.30. The van der Waals surface area contributed by atoms with Crippen molar-refractivity contribution < 1.29 is 4.74 Å². The van der Waals surface area contributed by atoms with E-state index < -0.39 is 0 Å². The molecule has 0 aromatic carbocycles. The number of hydrogen-bond donors (Lipinski definition) is 1. The first-order valence-corrected chi connectivity index (χ1v) is 4.82. The molecule has 1 N–H and O–H groups in total. The number of nitrogens with one attached hydrogen (secondary N) is 1. The highest BCUT2D eigenvalue weighted by atomic mass is 16.5. The molecule has 0 unspecified atom stereocenters. The van der Waals surface area contributed by atoms with Crippen LogP contribution in [0.15, 0.2) is 10.9 Å². The molecule has 3 rings (SSSR count). The average Bonchev–Trinajstić information content (AvgIpc) is 2.99. The van der Waals surface area contributed by atoms with Crippen LogP contribution in [0.2, 0.25) is 0 Å². The second kappa shape index (κ2) is 2.82. The third-order valence-corrected chi connectivity index (χ3v) is 2.57. The highest BCUT2D eigenvalue weighted by Gasteiger charge is 2.27. The third-order valence-electron chi connectivity index (χ3n) is 2.57. The predicted molar refractivity (Wildman–Crippen MR) is 52.1 cm³/mol. The van der Waals surface area contributed by atoms with Crippen molar-refractivity contribution in [3.63, 3.8) is 0 Å². The van der Waals surface area contributed by atoms with Gasteiger partial charge >= 0.3 is 6.01 Å². The van der Waals surface area contributed by atoms with Crippen LogP contribution >= 0.6 is 0 Å². The van der Waals surface area contributed by atoms with Gasteiger partial charge in [0.05, 0.1) is 12.8 Å². The van der Waals surface area contributed by atoms with Gasteiger partial charge < -0.3 is 4.74 Å². The van der Waals surface area contributed by atoms with Gasteiger partial charge in [0.1, 0.15) is 5.52 Å². The van der Waals surface area contributed by atoms with E-state index in [0.29, 0.717) is 17.4 Å². The van der Waals surface area contributed by atoms with Crippen molar-refractivity contribution in [3.05, 3.63) is 22.1 Å². The summed E-state index contributed by atoms with van der Waals surface area (Å²) in [6.45, 7) is 0. The number of hydrogen-bond acceptors (Lipinski definition) is 4. The minimum Gasteiger partial charge on any atom is -0.466 e. The van der Waals surface area contributed by atoms with Gasteiger partial charge in [-0.2, -0.15) is 9.61 Å². The van der Waals surface area contributed by atoms with Crippen LogP contribution in [-0.2, 0) is 0 Å². The number of ether oxygens (including phenoxy) is 1. The zero-order valence-electron chi connectivity index (χ0n) is 8.23. The van der Waals surface area contributed by atoms with E-state index >= 15 is 0 Å². The molecule has 0 amide bonds. The van der Waals surface area contributed by atoms with E-state index in [0.717, 1.165) is 18.5 Å². The molecule has 1 saturated carbocycles. The topological polar surface area (TPSA) is 72.3 Å². The lowest BCUT2D eigenvalue weighted by Gasteiger charge is -1.98. The molecule has 2 aromatic heterocycles. The summed E-state index contributed by atoms with van der Waals surface area (Å²) in [6.07, 6.45) is 2.30. The first-order valence-electron chi connectivity index (χ1n) is 4.82. The van der Waals surface area contributed by atoms with Crippen molar-refractivity contribution >= 4 is 5.52 Å². The highest BCUT2D eigenvalue weighted by Crippen LogP contribution is 2.39. The lowest BCUT2D eigenvalue weighted by Crippen LogP contribution is -2.13. The monoisotopic (exact) mass is 206 g/mol. The molecule has 0 aliphatic heterocycles. The van der Waals surface area contributed by atoms with Crippen molar-refractivity contribution in [1.82, 2.24) is 19.8 Å². The highest BCUT2D eigenvalue weighted by molar-refractivity contribution is 5.47. The van der Waals surface area contributed by atoms with E-state index in [9.17, 15) is 4.79 Å². The fourth-order valence-electron chi connectivity index (χ4n) is 1.62. The van der Waals surface area contributed by atoms with Crippen molar-refractivity contribution in [2.24, 2.45) is 0 Å². The fourth-order valence-corrected chi connectivity index (χ4v) is 1.62. The Morgan fingerprint density at radius 1 is 1.60 bits per heavy atom. The lowest BCUT2D eigenvalue weighted by molar-refractivity contribution is 0.359. The predicted octanol–water partition coefficient (Wildman–Crippen LogP) is 0.304. The van der Waals surface area contributed by atoms with Crippen LogP contribution in [0.3, 0.4) is 0 Å². The summed E-state index contributed by atoms with van der Waals surface area (Å²) in [5.74, 6) is 0.508. The molecule has 2 aromatic rings. The number of fused-ring (bicyclic) bond motifs is 1. The lowest BCUT2D eigenvalue weighted by atomic mass is 10.3. The Kier molecular flexibility index (Phi) is 1.59. The van der Waals surface area contributed by atoms with E-state index in [1.165, 1.54) is 11.6 Å².